The lowest BCUT2D eigenvalue weighted by Gasteiger charge is -2.34. The molecule has 2 atom stereocenters. The van der Waals surface area contributed by atoms with Crippen LogP contribution in [0.1, 0.15) is 41.0 Å². The molecule has 0 radical (unpaired) electrons. The van der Waals surface area contributed by atoms with Gasteiger partial charge in [0.1, 0.15) is 18.8 Å². The van der Waals surface area contributed by atoms with Gasteiger partial charge in [0, 0.05) is 0 Å². The highest BCUT2D eigenvalue weighted by molar-refractivity contribution is 6.14. The van der Waals surface area contributed by atoms with Gasteiger partial charge in [-0.2, -0.15) is 13.2 Å². The van der Waals surface area contributed by atoms with Gasteiger partial charge in [-0.15, -0.1) is 0 Å². The Bertz CT molecular complexity index is 1010. The van der Waals surface area contributed by atoms with E-state index in [1.807, 2.05) is 6.92 Å². The Balaban J connectivity index is 1.72. The smallest absolute Gasteiger partial charge is 0.274 e. The molecule has 1 fully saturated rings. The highest BCUT2D eigenvalue weighted by Gasteiger charge is 2.40. The average Bonchev–Trinajstić information content (AvgIpc) is 2.73. The number of amides is 4. The summed E-state index contributed by atoms with van der Waals surface area (Å²) < 4.78 is 67.3. The van der Waals surface area contributed by atoms with E-state index in [2.05, 4.69) is 0 Å². The molecular formula is C22H19F5N2O3. The maximum absolute atomic E-state index is 14.7. The fourth-order valence-electron chi connectivity index (χ4n) is 3.23. The van der Waals surface area contributed by atoms with Gasteiger partial charge in [-0.25, -0.2) is 13.6 Å². The molecular weight excluding hydrogens is 435 g/mol. The number of hydrogen-bond donors (Lipinski definition) is 0. The van der Waals surface area contributed by atoms with Crippen molar-refractivity contribution in [2.24, 2.45) is 0 Å². The first-order valence-electron chi connectivity index (χ1n) is 9.64. The number of halogens is 5. The SMILES string of the molecule is Cc1ccc([C@@H](F)CN2C(=O)CC(=O)N(C[C@@H](F)c3ccc(C(F)(F)F)cc3)C2=O)cc1. The summed E-state index contributed by atoms with van der Waals surface area (Å²) in [5.41, 5.74) is -0.0293. The fourth-order valence-corrected chi connectivity index (χ4v) is 3.23. The van der Waals surface area contributed by atoms with Crippen molar-refractivity contribution in [1.82, 2.24) is 9.80 Å². The lowest BCUT2D eigenvalue weighted by Crippen LogP contribution is -2.56. The zero-order valence-corrected chi connectivity index (χ0v) is 16.9. The van der Waals surface area contributed by atoms with Crippen LogP contribution in [0.25, 0.3) is 0 Å². The molecule has 3 rings (SSSR count). The number of rotatable bonds is 6. The maximum Gasteiger partial charge on any atom is 0.416 e. The van der Waals surface area contributed by atoms with Crippen LogP contribution in [0, 0.1) is 6.92 Å². The van der Waals surface area contributed by atoms with Gasteiger partial charge in [-0.1, -0.05) is 42.0 Å². The zero-order chi connectivity index (χ0) is 23.6. The molecule has 32 heavy (non-hydrogen) atoms. The van der Waals surface area contributed by atoms with Crippen LogP contribution in [0.5, 0.6) is 0 Å². The Morgan fingerprint density at radius 3 is 1.59 bits per heavy atom. The topological polar surface area (TPSA) is 57.7 Å². The van der Waals surface area contributed by atoms with Crippen LogP contribution < -0.4 is 0 Å². The van der Waals surface area contributed by atoms with Crippen LogP contribution in [0.4, 0.5) is 26.7 Å². The van der Waals surface area contributed by atoms with Crippen molar-refractivity contribution in [2.75, 3.05) is 13.1 Å². The van der Waals surface area contributed by atoms with E-state index in [0.29, 0.717) is 21.9 Å². The van der Waals surface area contributed by atoms with Crippen molar-refractivity contribution in [1.29, 1.82) is 0 Å². The molecule has 10 heteroatoms. The van der Waals surface area contributed by atoms with Crippen LogP contribution >= 0.6 is 0 Å². The number of barbiturate groups is 1. The van der Waals surface area contributed by atoms with E-state index in [1.165, 1.54) is 12.1 Å². The van der Waals surface area contributed by atoms with E-state index in [1.54, 1.807) is 12.1 Å². The van der Waals surface area contributed by atoms with Crippen molar-refractivity contribution in [3.63, 3.8) is 0 Å². The Hall–Kier alpha value is -3.30. The predicted molar refractivity (Wildman–Crippen MR) is 104 cm³/mol. The van der Waals surface area contributed by atoms with Crippen molar-refractivity contribution < 1.29 is 36.3 Å². The molecule has 0 N–H and O–H groups in total. The van der Waals surface area contributed by atoms with Gasteiger partial charge in [0.2, 0.25) is 11.8 Å². The molecule has 0 aromatic heterocycles. The predicted octanol–water partition coefficient (Wildman–Crippen LogP) is 4.92. The van der Waals surface area contributed by atoms with Crippen LogP contribution in [0.3, 0.4) is 0 Å². The fraction of sp³-hybridized carbons (Fsp3) is 0.318. The third kappa shape index (κ3) is 5.12. The Morgan fingerprint density at radius 1 is 0.781 bits per heavy atom. The average molecular weight is 454 g/mol. The lowest BCUT2D eigenvalue weighted by molar-refractivity contribution is -0.143. The molecule has 0 spiro atoms. The van der Waals surface area contributed by atoms with E-state index < -0.39 is 61.4 Å². The molecule has 1 aliphatic heterocycles. The van der Waals surface area contributed by atoms with Crippen LogP contribution in [0.15, 0.2) is 48.5 Å². The van der Waals surface area contributed by atoms with Crippen molar-refractivity contribution >= 4 is 17.8 Å². The zero-order valence-electron chi connectivity index (χ0n) is 16.9. The van der Waals surface area contributed by atoms with E-state index in [-0.39, 0.29) is 11.1 Å². The highest BCUT2D eigenvalue weighted by atomic mass is 19.4. The number of nitrogens with zero attached hydrogens (tertiary/aromatic N) is 2. The molecule has 5 nitrogen and oxygen atoms in total. The second-order valence-electron chi connectivity index (χ2n) is 7.43. The monoisotopic (exact) mass is 454 g/mol. The summed E-state index contributed by atoms with van der Waals surface area (Å²) in [6.45, 7) is 0.346. The number of urea groups is 1. The summed E-state index contributed by atoms with van der Waals surface area (Å²) in [7, 11) is 0. The van der Waals surface area contributed by atoms with Gasteiger partial charge in [0.15, 0.2) is 0 Å². The molecule has 0 saturated carbocycles. The molecule has 0 unspecified atom stereocenters. The molecule has 1 heterocycles. The number of carbonyl (C=O) groups is 3. The molecule has 2 aromatic carbocycles. The summed E-state index contributed by atoms with van der Waals surface area (Å²) in [5.74, 6) is -1.87. The number of imide groups is 2. The van der Waals surface area contributed by atoms with Crippen molar-refractivity contribution in [3.05, 3.63) is 70.8 Å². The molecule has 4 amide bonds. The second-order valence-corrected chi connectivity index (χ2v) is 7.43. The molecule has 1 aliphatic rings. The number of carbonyl (C=O) groups excluding carboxylic acids is 3. The highest BCUT2D eigenvalue weighted by Crippen LogP contribution is 2.31. The van der Waals surface area contributed by atoms with Gasteiger partial charge < -0.3 is 0 Å². The van der Waals surface area contributed by atoms with Crippen molar-refractivity contribution in [3.8, 4) is 0 Å². The van der Waals surface area contributed by atoms with Gasteiger partial charge in [0.05, 0.1) is 18.7 Å². The van der Waals surface area contributed by atoms with Gasteiger partial charge in [-0.05, 0) is 30.2 Å². The molecule has 0 aliphatic carbocycles. The number of hydrogen-bond acceptors (Lipinski definition) is 3. The quantitative estimate of drug-likeness (QED) is 0.460. The summed E-state index contributed by atoms with van der Waals surface area (Å²) in [6, 6.07) is 8.35. The van der Waals surface area contributed by atoms with E-state index >= 15 is 0 Å². The molecule has 170 valence electrons. The number of aryl methyl sites for hydroxylation is 1. The number of alkyl halides is 5. The van der Waals surface area contributed by atoms with Gasteiger partial charge in [-0.3, -0.25) is 19.4 Å². The second kappa shape index (κ2) is 9.05. The minimum absolute atomic E-state index is 0.176. The minimum atomic E-state index is -4.59. The molecule has 1 saturated heterocycles. The largest absolute Gasteiger partial charge is 0.416 e. The molecule has 2 aromatic rings. The van der Waals surface area contributed by atoms with Gasteiger partial charge >= 0.3 is 12.2 Å². The normalized spacial score (nSPS) is 17.0. The van der Waals surface area contributed by atoms with Crippen LogP contribution in [-0.4, -0.2) is 40.7 Å². The summed E-state index contributed by atoms with van der Waals surface area (Å²) in [4.78, 5) is 38.0. The van der Waals surface area contributed by atoms with Crippen LogP contribution in [0.2, 0.25) is 0 Å². The lowest BCUT2D eigenvalue weighted by atomic mass is 10.1. The Kier molecular flexibility index (Phi) is 6.61. The summed E-state index contributed by atoms with van der Waals surface area (Å²) in [6.07, 6.45) is -9.04. The Labute approximate surface area is 180 Å². The first-order chi connectivity index (χ1) is 15.0. The standard InChI is InChI=1S/C22H19F5N2O3/c1-13-2-4-14(5-3-13)17(23)11-28-19(30)10-20(31)29(21(28)32)12-18(24)15-6-8-16(9-7-15)22(25,26)27/h2-9,17-18H,10-12H2,1H3/t17-,18+/m0/s1. The first-order valence-corrected chi connectivity index (χ1v) is 9.64. The minimum Gasteiger partial charge on any atom is -0.274 e. The third-order valence-corrected chi connectivity index (χ3v) is 5.09. The van der Waals surface area contributed by atoms with Crippen LogP contribution in [-0.2, 0) is 15.8 Å². The summed E-state index contributed by atoms with van der Waals surface area (Å²) >= 11 is 0. The summed E-state index contributed by atoms with van der Waals surface area (Å²) in [5, 5.41) is 0. The number of benzene rings is 2. The maximum atomic E-state index is 14.7. The molecule has 0 bridgehead atoms. The first kappa shape index (κ1) is 23.4. The van der Waals surface area contributed by atoms with Crippen molar-refractivity contribution in [2.45, 2.75) is 31.9 Å². The third-order valence-electron chi connectivity index (χ3n) is 5.09. The van der Waals surface area contributed by atoms with E-state index in [4.69, 9.17) is 0 Å². The van der Waals surface area contributed by atoms with Gasteiger partial charge in [0.25, 0.3) is 0 Å². The van der Waals surface area contributed by atoms with E-state index in [9.17, 15) is 36.3 Å². The Morgan fingerprint density at radius 2 is 1.19 bits per heavy atom. The van der Waals surface area contributed by atoms with E-state index in [0.717, 1.165) is 17.7 Å².